The van der Waals surface area contributed by atoms with E-state index in [0.717, 1.165) is 6.07 Å². The van der Waals surface area contributed by atoms with Crippen molar-refractivity contribution in [3.05, 3.63) is 53.1 Å². The zero-order valence-corrected chi connectivity index (χ0v) is 13.1. The lowest BCUT2D eigenvalue weighted by Gasteiger charge is -2.36. The molecule has 0 aliphatic carbocycles. The van der Waals surface area contributed by atoms with Crippen molar-refractivity contribution < 1.29 is 17.9 Å². The second-order valence-electron chi connectivity index (χ2n) is 5.35. The molecule has 1 aromatic carbocycles. The van der Waals surface area contributed by atoms with Crippen LogP contribution in [-0.4, -0.2) is 24.0 Å². The van der Waals surface area contributed by atoms with Gasteiger partial charge < -0.3 is 10.5 Å². The maximum absolute atomic E-state index is 14.3. The molecule has 24 heavy (non-hydrogen) atoms. The minimum Gasteiger partial charge on any atom is -0.448 e. The molecule has 0 saturated carbocycles. The van der Waals surface area contributed by atoms with Gasteiger partial charge in [-0.2, -0.15) is 0 Å². The minimum atomic E-state index is -2.98. The number of aliphatic imine (C=N–C) groups is 1. The molecule has 0 amide bonds. The molecule has 0 saturated heterocycles. The normalized spacial score (nSPS) is 20.6. The summed E-state index contributed by atoms with van der Waals surface area (Å²) in [5, 5.41) is 0.382. The van der Waals surface area contributed by atoms with Crippen molar-refractivity contribution in [1.29, 1.82) is 0 Å². The van der Waals surface area contributed by atoms with Gasteiger partial charge in [0.05, 0.1) is 5.02 Å². The number of ether oxygens (including phenoxy) is 1. The van der Waals surface area contributed by atoms with Crippen LogP contribution in [0.15, 0.2) is 41.7 Å². The average molecular weight is 356 g/mol. The molecule has 1 aromatic heterocycles. The molecule has 0 bridgehead atoms. The number of hydrogen-bond acceptors (Lipinski definition) is 4. The fourth-order valence-corrected chi connectivity index (χ4v) is 2.84. The molecular formula is C16H13ClF3N3O. The maximum atomic E-state index is 14.3. The van der Waals surface area contributed by atoms with E-state index in [9.17, 15) is 13.2 Å². The maximum Gasteiger partial charge on any atom is 0.283 e. The van der Waals surface area contributed by atoms with Gasteiger partial charge in [0, 0.05) is 36.5 Å². The van der Waals surface area contributed by atoms with Gasteiger partial charge in [0.1, 0.15) is 5.82 Å². The standard InChI is InChI=1S/C16H13ClF3N3O/c17-11-5-10(7-22-8-11)9-1-2-13(18)12(6-9)16(14(19)20)3-4-23-15(21)24-16/h1-2,5-8,14H,3-4H2,(H2,21,23)/t16-/m0/s1. The Labute approximate surface area is 141 Å². The number of rotatable bonds is 3. The van der Waals surface area contributed by atoms with Crippen LogP contribution in [0.4, 0.5) is 13.2 Å². The SMILES string of the molecule is NC1=NCC[C@](c2cc(-c3cncc(Cl)c3)ccc2F)(C(F)F)O1. The highest BCUT2D eigenvalue weighted by atomic mass is 35.5. The van der Waals surface area contributed by atoms with Gasteiger partial charge in [-0.05, 0) is 23.8 Å². The Morgan fingerprint density at radius 1 is 1.21 bits per heavy atom. The first-order valence-corrected chi connectivity index (χ1v) is 7.48. The van der Waals surface area contributed by atoms with Gasteiger partial charge in [-0.1, -0.05) is 17.7 Å². The van der Waals surface area contributed by atoms with Crippen LogP contribution < -0.4 is 5.73 Å². The topological polar surface area (TPSA) is 60.5 Å². The number of alkyl halides is 2. The van der Waals surface area contributed by atoms with E-state index < -0.39 is 17.8 Å². The van der Waals surface area contributed by atoms with Crippen LogP contribution in [0.25, 0.3) is 11.1 Å². The van der Waals surface area contributed by atoms with E-state index in [-0.39, 0.29) is 24.6 Å². The Bertz CT molecular complexity index is 800. The molecule has 1 aliphatic heterocycles. The third-order valence-electron chi connectivity index (χ3n) is 3.85. The molecule has 2 heterocycles. The highest BCUT2D eigenvalue weighted by molar-refractivity contribution is 6.30. The van der Waals surface area contributed by atoms with Gasteiger partial charge in [0.25, 0.3) is 12.4 Å². The fraction of sp³-hybridized carbons (Fsp3) is 0.250. The number of hydrogen-bond donors (Lipinski definition) is 1. The molecule has 3 rings (SSSR count). The Kier molecular flexibility index (Phi) is 4.36. The lowest BCUT2D eigenvalue weighted by molar-refractivity contribution is -0.103. The monoisotopic (exact) mass is 355 g/mol. The van der Waals surface area contributed by atoms with Gasteiger partial charge in [0.2, 0.25) is 5.60 Å². The second kappa shape index (κ2) is 6.32. The number of nitrogens with two attached hydrogens (primary N) is 1. The van der Waals surface area contributed by atoms with E-state index >= 15 is 0 Å². The number of amidine groups is 1. The fourth-order valence-electron chi connectivity index (χ4n) is 2.66. The van der Waals surface area contributed by atoms with Crippen LogP contribution in [0.1, 0.15) is 12.0 Å². The van der Waals surface area contributed by atoms with Gasteiger partial charge in [0.15, 0.2) is 0 Å². The quantitative estimate of drug-likeness (QED) is 0.912. The third kappa shape index (κ3) is 2.91. The number of aromatic nitrogens is 1. The van der Waals surface area contributed by atoms with Crippen LogP contribution in [0, 0.1) is 5.82 Å². The van der Waals surface area contributed by atoms with E-state index in [2.05, 4.69) is 9.98 Å². The van der Waals surface area contributed by atoms with Crippen LogP contribution in [-0.2, 0) is 10.3 Å². The zero-order valence-electron chi connectivity index (χ0n) is 12.3. The summed E-state index contributed by atoms with van der Waals surface area (Å²) < 4.78 is 47.0. The van der Waals surface area contributed by atoms with Crippen LogP contribution in [0.5, 0.6) is 0 Å². The summed E-state index contributed by atoms with van der Waals surface area (Å²) in [7, 11) is 0. The smallest absolute Gasteiger partial charge is 0.283 e. The summed E-state index contributed by atoms with van der Waals surface area (Å²) in [5.41, 5.74) is 4.08. The molecule has 4 nitrogen and oxygen atoms in total. The highest BCUT2D eigenvalue weighted by Crippen LogP contribution is 2.40. The zero-order chi connectivity index (χ0) is 17.3. The van der Waals surface area contributed by atoms with Crippen LogP contribution in [0.2, 0.25) is 5.02 Å². The van der Waals surface area contributed by atoms with Crippen molar-refractivity contribution >= 4 is 17.6 Å². The summed E-state index contributed by atoms with van der Waals surface area (Å²) in [6, 6.07) is 5.12. The van der Waals surface area contributed by atoms with Crippen LogP contribution >= 0.6 is 11.6 Å². The van der Waals surface area contributed by atoms with E-state index in [1.807, 2.05) is 0 Å². The Balaban J connectivity index is 2.13. The van der Waals surface area contributed by atoms with Crippen LogP contribution in [0.3, 0.4) is 0 Å². The first kappa shape index (κ1) is 16.6. The summed E-state index contributed by atoms with van der Waals surface area (Å²) in [5.74, 6) is -0.802. The molecule has 0 spiro atoms. The van der Waals surface area contributed by atoms with E-state index in [1.54, 1.807) is 6.07 Å². The van der Waals surface area contributed by atoms with E-state index in [4.69, 9.17) is 22.1 Å². The molecule has 2 N–H and O–H groups in total. The number of pyridine rings is 1. The number of benzene rings is 1. The summed E-state index contributed by atoms with van der Waals surface area (Å²) >= 11 is 5.90. The molecule has 0 unspecified atom stereocenters. The largest absolute Gasteiger partial charge is 0.448 e. The van der Waals surface area contributed by atoms with Gasteiger partial charge in [-0.15, -0.1) is 0 Å². The molecule has 2 aromatic rings. The second-order valence-corrected chi connectivity index (χ2v) is 5.79. The summed E-state index contributed by atoms with van der Waals surface area (Å²) in [6.07, 6.45) is -0.208. The van der Waals surface area contributed by atoms with Gasteiger partial charge in [-0.25, -0.2) is 18.2 Å². The number of halogens is 4. The van der Waals surface area contributed by atoms with Crippen molar-refractivity contribution in [2.75, 3.05) is 6.54 Å². The molecule has 1 atom stereocenters. The Morgan fingerprint density at radius 2 is 2.00 bits per heavy atom. The van der Waals surface area contributed by atoms with Crippen molar-refractivity contribution in [2.45, 2.75) is 18.4 Å². The molecule has 126 valence electrons. The summed E-state index contributed by atoms with van der Waals surface area (Å²) in [4.78, 5) is 7.69. The first-order chi connectivity index (χ1) is 11.4. The van der Waals surface area contributed by atoms with Gasteiger partial charge >= 0.3 is 0 Å². The molecule has 0 radical (unpaired) electrons. The lowest BCUT2D eigenvalue weighted by atomic mass is 9.87. The predicted octanol–water partition coefficient (Wildman–Crippen LogP) is 3.74. The minimum absolute atomic E-state index is 0.0264. The highest BCUT2D eigenvalue weighted by Gasteiger charge is 2.48. The lowest BCUT2D eigenvalue weighted by Crippen LogP contribution is -2.45. The van der Waals surface area contributed by atoms with Crippen molar-refractivity contribution in [1.82, 2.24) is 4.98 Å². The first-order valence-electron chi connectivity index (χ1n) is 7.10. The predicted molar refractivity (Wildman–Crippen MR) is 84.5 cm³/mol. The van der Waals surface area contributed by atoms with Crippen molar-refractivity contribution in [3.63, 3.8) is 0 Å². The molecule has 0 fully saturated rings. The Hall–Kier alpha value is -2.28. The molecule has 8 heteroatoms. The molecule has 1 aliphatic rings. The average Bonchev–Trinajstić information content (AvgIpc) is 2.55. The third-order valence-corrected chi connectivity index (χ3v) is 4.06. The number of nitrogens with zero attached hydrogens (tertiary/aromatic N) is 2. The van der Waals surface area contributed by atoms with Crippen molar-refractivity contribution in [3.8, 4) is 11.1 Å². The van der Waals surface area contributed by atoms with Gasteiger partial charge in [-0.3, -0.25) is 4.98 Å². The Morgan fingerprint density at radius 3 is 2.67 bits per heavy atom. The molecular weight excluding hydrogens is 343 g/mol. The van der Waals surface area contributed by atoms with E-state index in [1.165, 1.54) is 24.5 Å². The van der Waals surface area contributed by atoms with Crippen molar-refractivity contribution in [2.24, 2.45) is 10.7 Å². The summed E-state index contributed by atoms with van der Waals surface area (Å²) in [6.45, 7) is 0.0264. The van der Waals surface area contributed by atoms with E-state index in [0.29, 0.717) is 16.1 Å².